The average Bonchev–Trinajstić information content (AvgIpc) is 1.61. The van der Waals surface area contributed by atoms with Gasteiger partial charge in [0.15, 0.2) is 0 Å². The molecule has 3 heteroatoms. The van der Waals surface area contributed by atoms with Crippen molar-refractivity contribution in [1.82, 2.24) is 5.32 Å². The van der Waals surface area contributed by atoms with Crippen LogP contribution in [0.2, 0.25) is 0 Å². The highest BCUT2D eigenvalue weighted by Crippen LogP contribution is 1.56. The molecule has 0 fully saturated rings. The van der Waals surface area contributed by atoms with E-state index < -0.39 is 5.97 Å². The lowest BCUT2D eigenvalue weighted by atomic mass is 10.6. The lowest BCUT2D eigenvalue weighted by molar-refractivity contribution is -0.135. The van der Waals surface area contributed by atoms with Crippen LogP contribution in [0, 0.1) is 6.92 Å². The highest BCUT2D eigenvalue weighted by molar-refractivity contribution is 5.68. The molecule has 0 saturated heterocycles. The molecule has 0 unspecified atom stereocenters. The monoisotopic (exact) mass is 102 g/mol. The zero-order valence-corrected chi connectivity index (χ0v) is 3.98. The van der Waals surface area contributed by atoms with Crippen LogP contribution in [-0.2, 0) is 4.79 Å². The van der Waals surface area contributed by atoms with E-state index >= 15 is 0 Å². The molecule has 3 nitrogen and oxygen atoms in total. The molecule has 0 rings (SSSR count). The summed E-state index contributed by atoms with van der Waals surface area (Å²) in [6.45, 7) is 3.85. The van der Waals surface area contributed by atoms with Crippen molar-refractivity contribution in [3.63, 3.8) is 0 Å². The van der Waals surface area contributed by atoms with Gasteiger partial charge in [-0.3, -0.25) is 4.79 Å². The van der Waals surface area contributed by atoms with Crippen LogP contribution < -0.4 is 5.32 Å². The topological polar surface area (TPSA) is 49.3 Å². The molecule has 2 N–H and O–H groups in total. The van der Waals surface area contributed by atoms with Gasteiger partial charge in [0.2, 0.25) is 0 Å². The Kier molecular flexibility index (Phi) is 3.32. The first kappa shape index (κ1) is 6.43. The van der Waals surface area contributed by atoms with Crippen LogP contribution in [-0.4, -0.2) is 24.2 Å². The molecule has 0 aromatic heterocycles. The van der Waals surface area contributed by atoms with Crippen molar-refractivity contribution in [2.24, 2.45) is 0 Å². The van der Waals surface area contributed by atoms with Crippen molar-refractivity contribution in [3.8, 4) is 0 Å². The Morgan fingerprint density at radius 1 is 1.86 bits per heavy atom. The van der Waals surface area contributed by atoms with E-state index in [1.165, 1.54) is 0 Å². The van der Waals surface area contributed by atoms with E-state index in [0.717, 1.165) is 0 Å². The molecule has 0 aliphatic carbocycles. The molecule has 7 heavy (non-hydrogen) atoms. The maximum absolute atomic E-state index is 9.67. The summed E-state index contributed by atoms with van der Waals surface area (Å²) >= 11 is 0. The Balaban J connectivity index is 2.82. The summed E-state index contributed by atoms with van der Waals surface area (Å²) in [4.78, 5) is 9.67. The van der Waals surface area contributed by atoms with Crippen LogP contribution >= 0.6 is 0 Å². The third kappa shape index (κ3) is 5.43. The summed E-state index contributed by atoms with van der Waals surface area (Å²) in [5.41, 5.74) is 0. The number of rotatable bonds is 3. The van der Waals surface area contributed by atoms with Crippen LogP contribution in [0.5, 0.6) is 0 Å². The van der Waals surface area contributed by atoms with Crippen molar-refractivity contribution >= 4 is 5.97 Å². The van der Waals surface area contributed by atoms with E-state index in [2.05, 4.69) is 12.2 Å². The molecular formula is C4H8NO2. The third-order valence-corrected chi connectivity index (χ3v) is 0.453. The minimum atomic E-state index is -0.844. The fraction of sp³-hybridized carbons (Fsp3) is 0.500. The Labute approximate surface area is 42.3 Å². The first-order valence-electron chi connectivity index (χ1n) is 1.99. The third-order valence-electron chi connectivity index (χ3n) is 0.453. The van der Waals surface area contributed by atoms with Gasteiger partial charge in [-0.2, -0.15) is 0 Å². The highest BCUT2D eigenvalue weighted by Gasteiger charge is 1.89. The molecule has 0 aliphatic heterocycles. The van der Waals surface area contributed by atoms with E-state index in [0.29, 0.717) is 6.54 Å². The Bertz CT molecular complexity index is 62.7. The number of carboxylic acid groups (broad SMARTS) is 1. The fourth-order valence-electron chi connectivity index (χ4n) is 0.195. The van der Waals surface area contributed by atoms with Gasteiger partial charge >= 0.3 is 5.97 Å². The van der Waals surface area contributed by atoms with Crippen LogP contribution in [0.25, 0.3) is 0 Å². The van der Waals surface area contributed by atoms with Gasteiger partial charge in [0.1, 0.15) is 0 Å². The minimum Gasteiger partial charge on any atom is -0.480 e. The van der Waals surface area contributed by atoms with Crippen LogP contribution in [0.15, 0.2) is 0 Å². The van der Waals surface area contributed by atoms with E-state index in [1.54, 1.807) is 0 Å². The molecule has 0 heterocycles. The maximum atomic E-state index is 9.67. The molecule has 0 atom stereocenters. The molecular weight excluding hydrogens is 94.0 g/mol. The zero-order chi connectivity index (χ0) is 5.70. The normalized spacial score (nSPS) is 8.71. The van der Waals surface area contributed by atoms with Crippen molar-refractivity contribution < 1.29 is 9.90 Å². The first-order chi connectivity index (χ1) is 3.27. The second-order valence-electron chi connectivity index (χ2n) is 1.07. The molecule has 0 aliphatic rings. The quantitative estimate of drug-likeness (QED) is 0.504. The zero-order valence-electron chi connectivity index (χ0n) is 3.98. The maximum Gasteiger partial charge on any atom is 0.317 e. The Hall–Kier alpha value is -0.570. The van der Waals surface area contributed by atoms with Gasteiger partial charge in [-0.1, -0.05) is 0 Å². The summed E-state index contributed by atoms with van der Waals surface area (Å²) in [6.07, 6.45) is 0. The van der Waals surface area contributed by atoms with E-state index in [9.17, 15) is 4.79 Å². The second-order valence-corrected chi connectivity index (χ2v) is 1.07. The number of hydrogen-bond donors (Lipinski definition) is 2. The lowest BCUT2D eigenvalue weighted by Gasteiger charge is -1.90. The molecule has 0 aromatic carbocycles. The van der Waals surface area contributed by atoms with Gasteiger partial charge < -0.3 is 10.4 Å². The van der Waals surface area contributed by atoms with Crippen molar-refractivity contribution in [3.05, 3.63) is 6.92 Å². The SMILES string of the molecule is [CH2]CNCC(=O)O. The molecule has 0 bridgehead atoms. The molecule has 41 valence electrons. The largest absolute Gasteiger partial charge is 0.480 e. The molecule has 0 amide bonds. The number of nitrogens with one attached hydrogen (secondary N) is 1. The van der Waals surface area contributed by atoms with Crippen molar-refractivity contribution in [1.29, 1.82) is 0 Å². The summed E-state index contributed by atoms with van der Waals surface area (Å²) in [5.74, 6) is -0.844. The predicted molar refractivity (Wildman–Crippen MR) is 25.9 cm³/mol. The van der Waals surface area contributed by atoms with Gasteiger partial charge in [-0.05, 0) is 13.5 Å². The first-order valence-corrected chi connectivity index (χ1v) is 1.99. The van der Waals surface area contributed by atoms with Gasteiger partial charge in [-0.25, -0.2) is 0 Å². The summed E-state index contributed by atoms with van der Waals surface area (Å²) in [7, 11) is 0. The van der Waals surface area contributed by atoms with Crippen molar-refractivity contribution in [2.45, 2.75) is 0 Å². The van der Waals surface area contributed by atoms with Gasteiger partial charge in [0.05, 0.1) is 6.54 Å². The highest BCUT2D eigenvalue weighted by atomic mass is 16.4. The van der Waals surface area contributed by atoms with E-state index in [1.807, 2.05) is 0 Å². The van der Waals surface area contributed by atoms with Gasteiger partial charge in [0, 0.05) is 0 Å². The van der Waals surface area contributed by atoms with Crippen LogP contribution in [0.3, 0.4) is 0 Å². The summed E-state index contributed by atoms with van der Waals surface area (Å²) < 4.78 is 0. The minimum absolute atomic E-state index is 0.00347. The van der Waals surface area contributed by atoms with E-state index in [4.69, 9.17) is 5.11 Å². The van der Waals surface area contributed by atoms with Gasteiger partial charge in [-0.15, -0.1) is 0 Å². The second kappa shape index (κ2) is 3.61. The molecule has 1 radical (unpaired) electrons. The summed E-state index contributed by atoms with van der Waals surface area (Å²) in [6, 6.07) is 0. The molecule has 0 spiro atoms. The average molecular weight is 102 g/mol. The number of aliphatic carboxylic acids is 1. The number of carboxylic acids is 1. The Morgan fingerprint density at radius 2 is 2.43 bits per heavy atom. The fourth-order valence-corrected chi connectivity index (χ4v) is 0.195. The predicted octanol–water partition coefficient (Wildman–Crippen LogP) is -0.505. The smallest absolute Gasteiger partial charge is 0.317 e. The molecule has 0 aromatic rings. The lowest BCUT2D eigenvalue weighted by Crippen LogP contribution is -2.21. The van der Waals surface area contributed by atoms with E-state index in [-0.39, 0.29) is 6.54 Å². The number of carbonyl (C=O) groups is 1. The summed E-state index contributed by atoms with van der Waals surface area (Å²) in [5, 5.41) is 10.5. The van der Waals surface area contributed by atoms with Crippen LogP contribution in [0.4, 0.5) is 0 Å². The Morgan fingerprint density at radius 3 is 2.57 bits per heavy atom. The molecule has 0 saturated carbocycles. The van der Waals surface area contributed by atoms with Crippen LogP contribution in [0.1, 0.15) is 0 Å². The van der Waals surface area contributed by atoms with Gasteiger partial charge in [0.25, 0.3) is 0 Å². The van der Waals surface area contributed by atoms with Crippen molar-refractivity contribution in [2.75, 3.05) is 13.1 Å². The number of hydrogen-bond acceptors (Lipinski definition) is 2. The standard InChI is InChI=1S/C4H8NO2/c1-2-5-3-4(6)7/h5H,1-3H2,(H,6,7).